The van der Waals surface area contributed by atoms with Crippen molar-refractivity contribution in [3.63, 3.8) is 0 Å². The number of fused-ring (bicyclic) bond motifs is 1. The standard InChI is InChI=1S/C15H17N5O/c1-12(10-19-7-5-16-11-19)17-9-13-8-15(21)20-6-3-2-4-14(20)18-13/h2-8,11-12,17H,9-10H2,1H3. The number of nitrogens with one attached hydrogen (secondary N) is 1. The number of rotatable bonds is 5. The zero-order chi connectivity index (χ0) is 14.7. The van der Waals surface area contributed by atoms with Gasteiger partial charge in [-0.2, -0.15) is 0 Å². The van der Waals surface area contributed by atoms with Crippen molar-refractivity contribution in [3.8, 4) is 0 Å². The normalized spacial score (nSPS) is 12.6. The Labute approximate surface area is 122 Å². The number of nitrogens with zero attached hydrogens (tertiary/aromatic N) is 4. The summed E-state index contributed by atoms with van der Waals surface area (Å²) in [6, 6.07) is 7.36. The van der Waals surface area contributed by atoms with Gasteiger partial charge < -0.3 is 9.88 Å². The molecule has 0 aromatic carbocycles. The number of hydrogen-bond donors (Lipinski definition) is 1. The zero-order valence-corrected chi connectivity index (χ0v) is 11.8. The van der Waals surface area contributed by atoms with Crippen LogP contribution >= 0.6 is 0 Å². The van der Waals surface area contributed by atoms with Gasteiger partial charge in [-0.05, 0) is 19.1 Å². The third-order valence-corrected chi connectivity index (χ3v) is 3.30. The van der Waals surface area contributed by atoms with E-state index in [1.807, 2.05) is 29.0 Å². The predicted octanol–water partition coefficient (Wildman–Crippen LogP) is 1.07. The molecule has 0 amide bonds. The Kier molecular flexibility index (Phi) is 3.79. The van der Waals surface area contributed by atoms with Crippen LogP contribution < -0.4 is 10.9 Å². The highest BCUT2D eigenvalue weighted by atomic mass is 16.1. The van der Waals surface area contributed by atoms with E-state index in [1.165, 1.54) is 0 Å². The van der Waals surface area contributed by atoms with Gasteiger partial charge in [-0.25, -0.2) is 9.97 Å². The first kappa shape index (κ1) is 13.5. The van der Waals surface area contributed by atoms with Gasteiger partial charge in [0, 0.05) is 43.8 Å². The molecule has 21 heavy (non-hydrogen) atoms. The lowest BCUT2D eigenvalue weighted by molar-refractivity contribution is 0.473. The van der Waals surface area contributed by atoms with Crippen molar-refractivity contribution in [2.45, 2.75) is 26.1 Å². The fourth-order valence-electron chi connectivity index (χ4n) is 2.25. The van der Waals surface area contributed by atoms with Crippen LogP contribution in [-0.2, 0) is 13.1 Å². The van der Waals surface area contributed by atoms with E-state index in [4.69, 9.17) is 0 Å². The quantitative estimate of drug-likeness (QED) is 0.761. The maximum atomic E-state index is 12.0. The molecule has 0 saturated heterocycles. The molecule has 0 aliphatic carbocycles. The lowest BCUT2D eigenvalue weighted by atomic mass is 10.3. The smallest absolute Gasteiger partial charge is 0.258 e. The molecule has 1 atom stereocenters. The van der Waals surface area contributed by atoms with E-state index in [-0.39, 0.29) is 11.6 Å². The largest absolute Gasteiger partial charge is 0.336 e. The maximum absolute atomic E-state index is 12.0. The molecule has 0 aliphatic rings. The Morgan fingerprint density at radius 2 is 2.24 bits per heavy atom. The van der Waals surface area contributed by atoms with Crippen LogP contribution in [0.15, 0.2) is 54.0 Å². The summed E-state index contributed by atoms with van der Waals surface area (Å²) in [6.07, 6.45) is 7.21. The van der Waals surface area contributed by atoms with Gasteiger partial charge in [-0.15, -0.1) is 0 Å². The van der Waals surface area contributed by atoms with E-state index < -0.39 is 0 Å². The summed E-state index contributed by atoms with van der Waals surface area (Å²) >= 11 is 0. The van der Waals surface area contributed by atoms with Crippen molar-refractivity contribution in [3.05, 3.63) is 65.2 Å². The molecule has 6 heteroatoms. The Morgan fingerprint density at radius 1 is 1.33 bits per heavy atom. The molecule has 1 unspecified atom stereocenters. The third-order valence-electron chi connectivity index (χ3n) is 3.30. The second kappa shape index (κ2) is 5.88. The Balaban J connectivity index is 1.69. The average Bonchev–Trinajstić information content (AvgIpc) is 2.98. The van der Waals surface area contributed by atoms with Crippen LogP contribution in [0.1, 0.15) is 12.6 Å². The summed E-state index contributed by atoms with van der Waals surface area (Å²) in [5.41, 5.74) is 1.37. The predicted molar refractivity (Wildman–Crippen MR) is 80.0 cm³/mol. The van der Waals surface area contributed by atoms with Crippen LogP contribution in [0.5, 0.6) is 0 Å². The fourth-order valence-corrected chi connectivity index (χ4v) is 2.25. The van der Waals surface area contributed by atoms with Crippen LogP contribution in [0.4, 0.5) is 0 Å². The number of pyridine rings is 1. The van der Waals surface area contributed by atoms with E-state index in [2.05, 4.69) is 22.2 Å². The highest BCUT2D eigenvalue weighted by Gasteiger charge is 2.05. The first-order valence-corrected chi connectivity index (χ1v) is 6.89. The first-order valence-electron chi connectivity index (χ1n) is 6.89. The summed E-state index contributed by atoms with van der Waals surface area (Å²) in [4.78, 5) is 20.5. The molecule has 108 valence electrons. The van der Waals surface area contributed by atoms with Crippen molar-refractivity contribution in [1.82, 2.24) is 24.3 Å². The topological polar surface area (TPSA) is 64.2 Å². The molecule has 1 N–H and O–H groups in total. The molecule has 3 rings (SSSR count). The van der Waals surface area contributed by atoms with Crippen molar-refractivity contribution >= 4 is 5.65 Å². The molecule has 6 nitrogen and oxygen atoms in total. The second-order valence-corrected chi connectivity index (χ2v) is 5.06. The van der Waals surface area contributed by atoms with Gasteiger partial charge in [0.05, 0.1) is 12.0 Å². The molecule has 3 aromatic rings. The molecule has 0 fully saturated rings. The van der Waals surface area contributed by atoms with Gasteiger partial charge in [-0.3, -0.25) is 9.20 Å². The minimum absolute atomic E-state index is 0.0559. The first-order chi connectivity index (χ1) is 10.2. The lowest BCUT2D eigenvalue weighted by Crippen LogP contribution is -2.30. The second-order valence-electron chi connectivity index (χ2n) is 5.06. The van der Waals surface area contributed by atoms with E-state index in [0.717, 1.165) is 12.2 Å². The Bertz CT molecular complexity index is 778. The van der Waals surface area contributed by atoms with Gasteiger partial charge in [0.2, 0.25) is 0 Å². The van der Waals surface area contributed by atoms with Crippen molar-refractivity contribution < 1.29 is 0 Å². The molecule has 0 spiro atoms. The van der Waals surface area contributed by atoms with Crippen LogP contribution in [-0.4, -0.2) is 25.0 Å². The Hall–Kier alpha value is -2.47. The number of hydrogen-bond acceptors (Lipinski definition) is 4. The molecule has 0 bridgehead atoms. The van der Waals surface area contributed by atoms with Crippen molar-refractivity contribution in [1.29, 1.82) is 0 Å². The molecular formula is C15H17N5O. The van der Waals surface area contributed by atoms with E-state index >= 15 is 0 Å². The number of imidazole rings is 1. The Morgan fingerprint density at radius 3 is 3.05 bits per heavy atom. The van der Waals surface area contributed by atoms with Gasteiger partial charge in [-0.1, -0.05) is 6.07 Å². The maximum Gasteiger partial charge on any atom is 0.258 e. The SMILES string of the molecule is CC(Cn1ccnc1)NCc1cc(=O)n2ccccc2n1. The molecular weight excluding hydrogens is 266 g/mol. The van der Waals surface area contributed by atoms with Crippen LogP contribution in [0.2, 0.25) is 0 Å². The molecule has 3 heterocycles. The zero-order valence-electron chi connectivity index (χ0n) is 11.8. The van der Waals surface area contributed by atoms with Crippen molar-refractivity contribution in [2.24, 2.45) is 0 Å². The van der Waals surface area contributed by atoms with Crippen molar-refractivity contribution in [2.75, 3.05) is 0 Å². The highest BCUT2D eigenvalue weighted by Crippen LogP contribution is 1.99. The molecule has 0 radical (unpaired) electrons. The average molecular weight is 283 g/mol. The minimum Gasteiger partial charge on any atom is -0.336 e. The van der Waals surface area contributed by atoms with E-state index in [1.54, 1.807) is 29.2 Å². The number of aromatic nitrogens is 4. The summed E-state index contributed by atoms with van der Waals surface area (Å²) in [5, 5.41) is 3.37. The fraction of sp³-hybridized carbons (Fsp3) is 0.267. The van der Waals surface area contributed by atoms with E-state index in [0.29, 0.717) is 12.2 Å². The molecule has 0 aliphatic heterocycles. The third kappa shape index (κ3) is 3.17. The van der Waals surface area contributed by atoms with Crippen LogP contribution in [0.3, 0.4) is 0 Å². The van der Waals surface area contributed by atoms with Gasteiger partial charge >= 0.3 is 0 Å². The van der Waals surface area contributed by atoms with E-state index in [9.17, 15) is 4.79 Å². The summed E-state index contributed by atoms with van der Waals surface area (Å²) in [5.74, 6) is 0. The molecule has 0 saturated carbocycles. The summed E-state index contributed by atoms with van der Waals surface area (Å²) < 4.78 is 3.55. The van der Waals surface area contributed by atoms with Crippen LogP contribution in [0, 0.1) is 0 Å². The lowest BCUT2D eigenvalue weighted by Gasteiger charge is -2.14. The summed E-state index contributed by atoms with van der Waals surface area (Å²) in [7, 11) is 0. The summed E-state index contributed by atoms with van der Waals surface area (Å²) in [6.45, 7) is 3.48. The highest BCUT2D eigenvalue weighted by molar-refractivity contribution is 5.37. The molecule has 3 aromatic heterocycles. The van der Waals surface area contributed by atoms with Crippen LogP contribution in [0.25, 0.3) is 5.65 Å². The minimum atomic E-state index is -0.0559. The van der Waals surface area contributed by atoms with Gasteiger partial charge in [0.1, 0.15) is 5.65 Å². The van der Waals surface area contributed by atoms with Gasteiger partial charge in [0.25, 0.3) is 5.56 Å². The monoisotopic (exact) mass is 283 g/mol. The van der Waals surface area contributed by atoms with Gasteiger partial charge in [0.15, 0.2) is 0 Å².